The summed E-state index contributed by atoms with van der Waals surface area (Å²) >= 11 is 0. The minimum atomic E-state index is 0.554. The molecule has 1 saturated carbocycles. The third-order valence-electron chi connectivity index (χ3n) is 2.83. The van der Waals surface area contributed by atoms with Gasteiger partial charge in [0.2, 0.25) is 0 Å². The van der Waals surface area contributed by atoms with E-state index in [4.69, 9.17) is 10.2 Å². The summed E-state index contributed by atoms with van der Waals surface area (Å²) in [5.41, 5.74) is 6.75. The highest BCUT2D eigenvalue weighted by atomic mass is 16.3. The molecule has 3 nitrogen and oxygen atoms in total. The molecular formula is C12H18N2O. The van der Waals surface area contributed by atoms with Gasteiger partial charge in [0, 0.05) is 24.7 Å². The zero-order valence-corrected chi connectivity index (χ0v) is 8.98. The van der Waals surface area contributed by atoms with Gasteiger partial charge in [0.1, 0.15) is 5.76 Å². The first-order chi connectivity index (χ1) is 7.35. The molecule has 0 bridgehead atoms. The molecule has 1 fully saturated rings. The average Bonchev–Trinajstić information content (AvgIpc) is 2.99. The maximum absolute atomic E-state index is 5.64. The molecule has 15 heavy (non-hydrogen) atoms. The van der Waals surface area contributed by atoms with E-state index in [9.17, 15) is 0 Å². The van der Waals surface area contributed by atoms with E-state index in [1.54, 1.807) is 6.26 Å². The molecule has 82 valence electrons. The minimum Gasteiger partial charge on any atom is -0.468 e. The lowest BCUT2D eigenvalue weighted by molar-refractivity contribution is 0.257. The second-order valence-electron chi connectivity index (χ2n) is 4.02. The molecule has 1 heterocycles. The quantitative estimate of drug-likeness (QED) is 0.723. The minimum absolute atomic E-state index is 0.554. The van der Waals surface area contributed by atoms with Gasteiger partial charge in [-0.2, -0.15) is 0 Å². The lowest BCUT2D eigenvalue weighted by atomic mass is 10.2. The highest BCUT2D eigenvalue weighted by Crippen LogP contribution is 2.28. The van der Waals surface area contributed by atoms with Crippen molar-refractivity contribution in [3.8, 4) is 0 Å². The van der Waals surface area contributed by atoms with Gasteiger partial charge in [0.05, 0.1) is 12.8 Å². The van der Waals surface area contributed by atoms with Gasteiger partial charge in [0.25, 0.3) is 0 Å². The molecule has 0 saturated heterocycles. The number of hydrogen-bond donors (Lipinski definition) is 1. The summed E-state index contributed by atoms with van der Waals surface area (Å²) in [6.45, 7) is 6.12. The third kappa shape index (κ3) is 2.49. The predicted molar refractivity (Wildman–Crippen MR) is 60.2 cm³/mol. The standard InChI is InChI=1S/C12H18N2O/c1-2-6-14(11-3-4-11)9-12-10(8-13)5-7-15-12/h2,5,7,11H,1,3-4,6,8-9,13H2. The van der Waals surface area contributed by atoms with Gasteiger partial charge < -0.3 is 10.2 Å². The summed E-state index contributed by atoms with van der Waals surface area (Å²) < 4.78 is 5.45. The van der Waals surface area contributed by atoms with Gasteiger partial charge in [0.15, 0.2) is 0 Å². The number of furan rings is 1. The number of nitrogens with two attached hydrogens (primary N) is 1. The zero-order valence-electron chi connectivity index (χ0n) is 8.98. The van der Waals surface area contributed by atoms with Crippen LogP contribution in [0.3, 0.4) is 0 Å². The van der Waals surface area contributed by atoms with Gasteiger partial charge in [-0.05, 0) is 18.9 Å². The van der Waals surface area contributed by atoms with E-state index >= 15 is 0 Å². The molecule has 2 rings (SSSR count). The largest absolute Gasteiger partial charge is 0.468 e. The second-order valence-corrected chi connectivity index (χ2v) is 4.02. The monoisotopic (exact) mass is 206 g/mol. The highest BCUT2D eigenvalue weighted by Gasteiger charge is 2.28. The lowest BCUT2D eigenvalue weighted by Gasteiger charge is -2.19. The van der Waals surface area contributed by atoms with E-state index in [1.165, 1.54) is 12.8 Å². The Morgan fingerprint density at radius 2 is 2.40 bits per heavy atom. The van der Waals surface area contributed by atoms with Crippen molar-refractivity contribution in [2.24, 2.45) is 5.73 Å². The molecule has 3 heteroatoms. The molecule has 0 aromatic carbocycles. The van der Waals surface area contributed by atoms with Crippen molar-refractivity contribution in [3.05, 3.63) is 36.3 Å². The van der Waals surface area contributed by atoms with Crippen molar-refractivity contribution in [2.75, 3.05) is 6.54 Å². The van der Waals surface area contributed by atoms with E-state index in [2.05, 4.69) is 11.5 Å². The van der Waals surface area contributed by atoms with Crippen molar-refractivity contribution in [3.63, 3.8) is 0 Å². The Balaban J connectivity index is 2.01. The Bertz CT molecular complexity index is 328. The molecule has 0 aliphatic heterocycles. The third-order valence-corrected chi connectivity index (χ3v) is 2.83. The fourth-order valence-electron chi connectivity index (χ4n) is 1.82. The van der Waals surface area contributed by atoms with Crippen molar-refractivity contribution < 1.29 is 4.42 Å². The van der Waals surface area contributed by atoms with Crippen LogP contribution in [-0.2, 0) is 13.1 Å². The summed E-state index contributed by atoms with van der Waals surface area (Å²) in [5, 5.41) is 0. The molecular weight excluding hydrogens is 188 g/mol. The summed E-state index contributed by atoms with van der Waals surface area (Å²) in [6.07, 6.45) is 6.26. The van der Waals surface area contributed by atoms with E-state index < -0.39 is 0 Å². The molecule has 0 spiro atoms. The highest BCUT2D eigenvalue weighted by molar-refractivity contribution is 5.17. The summed E-state index contributed by atoms with van der Waals surface area (Å²) in [4.78, 5) is 2.39. The molecule has 0 radical (unpaired) electrons. The molecule has 2 N–H and O–H groups in total. The second kappa shape index (κ2) is 4.64. The first kappa shape index (κ1) is 10.5. The van der Waals surface area contributed by atoms with E-state index in [-0.39, 0.29) is 0 Å². The lowest BCUT2D eigenvalue weighted by Crippen LogP contribution is -2.25. The average molecular weight is 206 g/mol. The van der Waals surface area contributed by atoms with Crippen molar-refractivity contribution in [1.29, 1.82) is 0 Å². The fraction of sp³-hybridized carbons (Fsp3) is 0.500. The van der Waals surface area contributed by atoms with Crippen LogP contribution in [0, 0.1) is 0 Å². The van der Waals surface area contributed by atoms with Gasteiger partial charge in [-0.15, -0.1) is 6.58 Å². The van der Waals surface area contributed by atoms with Crippen LogP contribution in [-0.4, -0.2) is 17.5 Å². The van der Waals surface area contributed by atoms with Crippen LogP contribution >= 0.6 is 0 Å². The van der Waals surface area contributed by atoms with Crippen molar-refractivity contribution in [1.82, 2.24) is 4.90 Å². The maximum Gasteiger partial charge on any atom is 0.122 e. The summed E-state index contributed by atoms with van der Waals surface area (Å²) in [5.74, 6) is 1.01. The van der Waals surface area contributed by atoms with E-state index in [0.29, 0.717) is 6.54 Å². The number of nitrogens with zero attached hydrogens (tertiary/aromatic N) is 1. The zero-order chi connectivity index (χ0) is 10.7. The topological polar surface area (TPSA) is 42.4 Å². The molecule has 1 aromatic heterocycles. The first-order valence-corrected chi connectivity index (χ1v) is 5.45. The van der Waals surface area contributed by atoms with Crippen LogP contribution in [0.15, 0.2) is 29.4 Å². The molecule has 1 aliphatic rings. The Kier molecular flexibility index (Phi) is 3.23. The molecule has 0 unspecified atom stereocenters. The Morgan fingerprint density at radius 3 is 3.00 bits per heavy atom. The molecule has 1 aromatic rings. The first-order valence-electron chi connectivity index (χ1n) is 5.45. The van der Waals surface area contributed by atoms with Crippen LogP contribution in [0.2, 0.25) is 0 Å². The van der Waals surface area contributed by atoms with Crippen LogP contribution < -0.4 is 5.73 Å². The van der Waals surface area contributed by atoms with Gasteiger partial charge >= 0.3 is 0 Å². The molecule has 1 aliphatic carbocycles. The van der Waals surface area contributed by atoms with E-state index in [1.807, 2.05) is 12.1 Å². The van der Waals surface area contributed by atoms with Crippen molar-refractivity contribution >= 4 is 0 Å². The van der Waals surface area contributed by atoms with Gasteiger partial charge in [-0.1, -0.05) is 6.08 Å². The van der Waals surface area contributed by atoms with Crippen LogP contribution in [0.1, 0.15) is 24.2 Å². The Hall–Kier alpha value is -1.06. The van der Waals surface area contributed by atoms with Crippen LogP contribution in [0.4, 0.5) is 0 Å². The smallest absolute Gasteiger partial charge is 0.122 e. The Morgan fingerprint density at radius 1 is 1.60 bits per heavy atom. The molecule has 0 amide bonds. The van der Waals surface area contributed by atoms with E-state index in [0.717, 1.165) is 30.5 Å². The normalized spacial score (nSPS) is 15.9. The Labute approximate surface area is 90.5 Å². The van der Waals surface area contributed by atoms with Crippen LogP contribution in [0.5, 0.6) is 0 Å². The van der Waals surface area contributed by atoms with Gasteiger partial charge in [-0.25, -0.2) is 0 Å². The number of rotatable bonds is 6. The maximum atomic E-state index is 5.64. The predicted octanol–water partition coefficient (Wildman–Crippen LogP) is 1.89. The molecule has 0 atom stereocenters. The van der Waals surface area contributed by atoms with Crippen LogP contribution in [0.25, 0.3) is 0 Å². The number of hydrogen-bond acceptors (Lipinski definition) is 3. The van der Waals surface area contributed by atoms with Crippen molar-refractivity contribution in [2.45, 2.75) is 32.0 Å². The van der Waals surface area contributed by atoms with Gasteiger partial charge in [-0.3, -0.25) is 4.90 Å². The summed E-state index contributed by atoms with van der Waals surface area (Å²) in [7, 11) is 0. The fourth-order valence-corrected chi connectivity index (χ4v) is 1.82. The summed E-state index contributed by atoms with van der Waals surface area (Å²) in [6, 6.07) is 2.67. The SMILES string of the molecule is C=CCN(Cc1occc1CN)C1CC1.